The summed E-state index contributed by atoms with van der Waals surface area (Å²) >= 11 is 0. The van der Waals surface area contributed by atoms with Gasteiger partial charge < -0.3 is 28.4 Å². The first-order valence-electron chi connectivity index (χ1n) is 20.2. The summed E-state index contributed by atoms with van der Waals surface area (Å²) in [6.45, 7) is 16.9. The molecule has 6 nitrogen and oxygen atoms in total. The molecule has 59 heavy (non-hydrogen) atoms. The summed E-state index contributed by atoms with van der Waals surface area (Å²) in [5, 5.41) is 0. The van der Waals surface area contributed by atoms with Crippen molar-refractivity contribution in [3.05, 3.63) is 174 Å². The average Bonchev–Trinajstić information content (AvgIpc) is 3.18. The molecule has 0 bridgehead atoms. The van der Waals surface area contributed by atoms with Gasteiger partial charge >= 0.3 is 0 Å². The summed E-state index contributed by atoms with van der Waals surface area (Å²) in [5.41, 5.74) is 18.0. The third-order valence-electron chi connectivity index (χ3n) is 11.7. The van der Waals surface area contributed by atoms with Gasteiger partial charge in [0.15, 0.2) is 0 Å². The Morgan fingerprint density at radius 3 is 0.763 bits per heavy atom. The quantitative estimate of drug-likeness (QED) is 0.102. The largest absolute Gasteiger partial charge is 0.496 e. The van der Waals surface area contributed by atoms with Crippen LogP contribution in [0.3, 0.4) is 0 Å². The van der Waals surface area contributed by atoms with Crippen molar-refractivity contribution in [1.82, 2.24) is 0 Å². The van der Waals surface area contributed by atoms with E-state index in [0.717, 1.165) is 90.1 Å². The third kappa shape index (κ3) is 8.50. The Balaban J connectivity index is 1.52. The zero-order valence-corrected chi connectivity index (χ0v) is 37.4. The molecule has 6 aromatic carbocycles. The number of rotatable bonds is 14. The zero-order chi connectivity index (χ0) is 42.7. The molecule has 0 saturated heterocycles. The number of ether oxygens (including phenoxy) is 6. The molecule has 6 rings (SSSR count). The topological polar surface area (TPSA) is 55.4 Å². The predicted molar refractivity (Wildman–Crippen MR) is 241 cm³/mol. The van der Waals surface area contributed by atoms with E-state index in [2.05, 4.69) is 140 Å². The molecular formula is C53H60O6. The van der Waals surface area contributed by atoms with Crippen LogP contribution in [-0.2, 0) is 6.42 Å². The number of aryl methyl sites for hydroxylation is 8. The number of hydrogen-bond donors (Lipinski definition) is 0. The maximum Gasteiger partial charge on any atom is 0.124 e. The Morgan fingerprint density at radius 2 is 0.559 bits per heavy atom. The van der Waals surface area contributed by atoms with Crippen molar-refractivity contribution in [2.45, 2.75) is 73.6 Å². The van der Waals surface area contributed by atoms with Crippen molar-refractivity contribution in [2.24, 2.45) is 0 Å². The van der Waals surface area contributed by atoms with Gasteiger partial charge in [-0.15, -0.1) is 0 Å². The van der Waals surface area contributed by atoms with Crippen LogP contribution in [0.5, 0.6) is 34.5 Å². The van der Waals surface area contributed by atoms with Crippen LogP contribution in [0, 0.1) is 55.4 Å². The molecule has 0 heterocycles. The standard InChI is InChI=1S/C53H60O6/c1-30-19-40(20-31(2)50(30)56-11)48(41-21-32(3)51(57-12)33(4)22-41)44-28-38(15-17-46(44)54-9)27-39-16-18-47(55-10)45(29-39)49(42-23-34(5)52(58-13)35(6)24-42)43-25-36(7)53(59-14)37(8)26-43/h15-26,28-29,48-49H,27H2,1-14H3. The normalized spacial score (nSPS) is 11.3. The molecular weight excluding hydrogens is 733 g/mol. The van der Waals surface area contributed by atoms with Crippen molar-refractivity contribution >= 4 is 0 Å². The lowest BCUT2D eigenvalue weighted by Crippen LogP contribution is -2.10. The van der Waals surface area contributed by atoms with E-state index in [9.17, 15) is 0 Å². The van der Waals surface area contributed by atoms with Gasteiger partial charge in [-0.3, -0.25) is 0 Å². The molecule has 0 radical (unpaired) electrons. The van der Waals surface area contributed by atoms with E-state index in [-0.39, 0.29) is 11.8 Å². The van der Waals surface area contributed by atoms with Gasteiger partial charge in [0, 0.05) is 23.0 Å². The summed E-state index contributed by atoms with van der Waals surface area (Å²) in [5.74, 6) is 5.06. The predicted octanol–water partition coefficient (Wildman–Crippen LogP) is 12.2. The van der Waals surface area contributed by atoms with E-state index in [4.69, 9.17) is 28.4 Å². The van der Waals surface area contributed by atoms with Gasteiger partial charge in [-0.1, -0.05) is 72.8 Å². The van der Waals surface area contributed by atoms with E-state index < -0.39 is 0 Å². The van der Waals surface area contributed by atoms with Crippen molar-refractivity contribution in [3.8, 4) is 34.5 Å². The molecule has 0 aliphatic heterocycles. The maximum atomic E-state index is 6.15. The van der Waals surface area contributed by atoms with Crippen LogP contribution in [-0.4, -0.2) is 42.7 Å². The zero-order valence-electron chi connectivity index (χ0n) is 37.4. The number of hydrogen-bond acceptors (Lipinski definition) is 6. The van der Waals surface area contributed by atoms with Gasteiger partial charge in [0.05, 0.1) is 42.7 Å². The Bertz CT molecular complexity index is 2110. The lowest BCUT2D eigenvalue weighted by Gasteiger charge is -2.26. The Morgan fingerprint density at radius 1 is 0.322 bits per heavy atom. The minimum atomic E-state index is -0.115. The summed E-state index contributed by atoms with van der Waals surface area (Å²) in [7, 11) is 10.5. The molecule has 0 atom stereocenters. The van der Waals surface area contributed by atoms with Crippen molar-refractivity contribution in [1.29, 1.82) is 0 Å². The van der Waals surface area contributed by atoms with Crippen LogP contribution in [0.25, 0.3) is 0 Å². The van der Waals surface area contributed by atoms with Crippen molar-refractivity contribution in [3.63, 3.8) is 0 Å². The van der Waals surface area contributed by atoms with Crippen LogP contribution in [0.2, 0.25) is 0 Å². The minimum absolute atomic E-state index is 0.115. The van der Waals surface area contributed by atoms with Gasteiger partial charge in [0.2, 0.25) is 0 Å². The van der Waals surface area contributed by atoms with E-state index >= 15 is 0 Å². The molecule has 0 fully saturated rings. The van der Waals surface area contributed by atoms with E-state index in [1.807, 2.05) is 0 Å². The van der Waals surface area contributed by atoms with E-state index in [1.54, 1.807) is 42.7 Å². The van der Waals surface area contributed by atoms with Crippen molar-refractivity contribution in [2.75, 3.05) is 42.7 Å². The van der Waals surface area contributed by atoms with Gasteiger partial charge in [-0.25, -0.2) is 0 Å². The second kappa shape index (κ2) is 17.9. The fourth-order valence-corrected chi connectivity index (χ4v) is 9.47. The van der Waals surface area contributed by atoms with Crippen LogP contribution >= 0.6 is 0 Å². The second-order valence-corrected chi connectivity index (χ2v) is 15.9. The van der Waals surface area contributed by atoms with E-state index in [1.165, 1.54) is 33.4 Å². The Kier molecular flexibility index (Phi) is 13.0. The van der Waals surface area contributed by atoms with Crippen LogP contribution < -0.4 is 28.4 Å². The number of methoxy groups -OCH3 is 6. The maximum absolute atomic E-state index is 6.15. The Hall–Kier alpha value is -5.88. The number of benzene rings is 6. The summed E-state index contributed by atoms with van der Waals surface area (Å²) < 4.78 is 35.5. The lowest BCUT2D eigenvalue weighted by atomic mass is 9.80. The highest BCUT2D eigenvalue weighted by molar-refractivity contribution is 5.59. The molecule has 0 unspecified atom stereocenters. The fraction of sp³-hybridized carbons (Fsp3) is 0.321. The fourth-order valence-electron chi connectivity index (χ4n) is 9.47. The molecule has 308 valence electrons. The SMILES string of the molecule is COc1ccc(Cc2ccc(OC)c(C(c3cc(C)c(OC)c(C)c3)c3cc(C)c(OC)c(C)c3)c2)cc1C(c1cc(C)c(OC)c(C)c1)c1cc(C)c(OC)c(C)c1. The second-order valence-electron chi connectivity index (χ2n) is 15.9. The molecule has 0 N–H and O–H groups in total. The van der Waals surface area contributed by atoms with Gasteiger partial charge in [-0.05, 0) is 152 Å². The first kappa shape index (κ1) is 42.7. The summed E-state index contributed by atoms with van der Waals surface area (Å²) in [4.78, 5) is 0. The molecule has 0 saturated carbocycles. The smallest absolute Gasteiger partial charge is 0.124 e. The van der Waals surface area contributed by atoms with Crippen LogP contribution in [0.4, 0.5) is 0 Å². The van der Waals surface area contributed by atoms with Crippen LogP contribution in [0.15, 0.2) is 84.9 Å². The molecule has 0 amide bonds. The molecule has 0 aliphatic carbocycles. The molecule has 0 aliphatic rings. The summed E-state index contributed by atoms with van der Waals surface area (Å²) in [6.07, 6.45) is 0.704. The molecule has 6 aromatic rings. The van der Waals surface area contributed by atoms with Gasteiger partial charge in [-0.2, -0.15) is 0 Å². The molecule has 0 spiro atoms. The molecule has 6 heteroatoms. The summed E-state index contributed by atoms with van der Waals surface area (Å²) in [6, 6.07) is 31.2. The minimum Gasteiger partial charge on any atom is -0.496 e. The van der Waals surface area contributed by atoms with Gasteiger partial charge in [0.1, 0.15) is 34.5 Å². The Labute approximate surface area is 352 Å². The highest BCUT2D eigenvalue weighted by Gasteiger charge is 2.27. The third-order valence-corrected chi connectivity index (χ3v) is 11.7. The van der Waals surface area contributed by atoms with E-state index in [0.29, 0.717) is 6.42 Å². The van der Waals surface area contributed by atoms with Gasteiger partial charge in [0.25, 0.3) is 0 Å². The van der Waals surface area contributed by atoms with Crippen molar-refractivity contribution < 1.29 is 28.4 Å². The average molecular weight is 793 g/mol. The lowest BCUT2D eigenvalue weighted by molar-refractivity contribution is 0.406. The first-order valence-corrected chi connectivity index (χ1v) is 20.2. The molecule has 0 aromatic heterocycles. The highest BCUT2D eigenvalue weighted by atomic mass is 16.5. The monoisotopic (exact) mass is 792 g/mol. The van der Waals surface area contributed by atoms with Crippen LogP contribution in [0.1, 0.15) is 101 Å². The first-order chi connectivity index (χ1) is 28.3. The highest BCUT2D eigenvalue weighted by Crippen LogP contribution is 2.44.